The second kappa shape index (κ2) is 7.23. The Hall–Kier alpha value is -2.63. The van der Waals surface area contributed by atoms with Crippen LogP contribution < -0.4 is 5.32 Å². The van der Waals surface area contributed by atoms with Crippen molar-refractivity contribution >= 4 is 11.9 Å². The summed E-state index contributed by atoms with van der Waals surface area (Å²) in [5, 5.41) is 12.3. The number of phenols is 1. The molecule has 0 aliphatic rings. The Kier molecular flexibility index (Phi) is 5.09. The number of carbonyl (C=O) groups is 1. The highest BCUT2D eigenvalue weighted by Crippen LogP contribution is 2.15. The van der Waals surface area contributed by atoms with Crippen LogP contribution in [0.5, 0.6) is 5.75 Å². The highest BCUT2D eigenvalue weighted by Gasteiger charge is 2.20. The number of carbonyl (C=O) groups excluding carboxylic acids is 1. The minimum absolute atomic E-state index is 0.198. The molecule has 0 spiro atoms. The van der Waals surface area contributed by atoms with Crippen molar-refractivity contribution in [3.8, 4) is 5.75 Å². The third-order valence-electron chi connectivity index (χ3n) is 3.03. The average molecular weight is 287 g/mol. The Bertz CT molecular complexity index is 572. The molecule has 1 aromatic heterocycles. The molecule has 2 rings (SSSR count). The number of hydrogen-bond acceptors (Lipinski definition) is 6. The summed E-state index contributed by atoms with van der Waals surface area (Å²) in [6.45, 7) is 0.373. The third-order valence-corrected chi connectivity index (χ3v) is 3.03. The van der Waals surface area contributed by atoms with Gasteiger partial charge in [0.2, 0.25) is 5.95 Å². The lowest BCUT2D eigenvalue weighted by molar-refractivity contribution is -0.144. The minimum Gasteiger partial charge on any atom is -0.508 e. The molecular weight excluding hydrogens is 270 g/mol. The summed E-state index contributed by atoms with van der Waals surface area (Å²) in [6.07, 6.45) is 3.76. The van der Waals surface area contributed by atoms with Gasteiger partial charge < -0.3 is 15.2 Å². The Morgan fingerprint density at radius 1 is 1.29 bits per heavy atom. The van der Waals surface area contributed by atoms with Crippen molar-refractivity contribution in [3.05, 3.63) is 48.3 Å². The van der Waals surface area contributed by atoms with Crippen molar-refractivity contribution in [2.75, 3.05) is 19.0 Å². The van der Waals surface area contributed by atoms with Crippen LogP contribution in [-0.2, 0) is 16.0 Å². The fourth-order valence-electron chi connectivity index (χ4n) is 1.93. The van der Waals surface area contributed by atoms with Crippen LogP contribution in [0.4, 0.5) is 5.95 Å². The molecule has 0 saturated carbocycles. The van der Waals surface area contributed by atoms with Crippen LogP contribution in [0.1, 0.15) is 5.56 Å². The number of aromatic hydroxyl groups is 1. The second-order valence-electron chi connectivity index (χ2n) is 4.54. The van der Waals surface area contributed by atoms with Crippen molar-refractivity contribution in [2.45, 2.75) is 6.42 Å². The van der Waals surface area contributed by atoms with Crippen LogP contribution >= 0.6 is 0 Å². The SMILES string of the molecule is COC(=O)C(CNc1ncccn1)Cc1ccc(O)cc1. The first-order valence-electron chi connectivity index (χ1n) is 6.55. The van der Waals surface area contributed by atoms with Gasteiger partial charge >= 0.3 is 5.97 Å². The van der Waals surface area contributed by atoms with E-state index >= 15 is 0 Å². The maximum Gasteiger partial charge on any atom is 0.310 e. The van der Waals surface area contributed by atoms with Gasteiger partial charge in [0.05, 0.1) is 13.0 Å². The van der Waals surface area contributed by atoms with E-state index in [0.29, 0.717) is 18.9 Å². The molecule has 6 heteroatoms. The Balaban J connectivity index is 2.01. The number of hydrogen-bond donors (Lipinski definition) is 2. The zero-order valence-corrected chi connectivity index (χ0v) is 11.7. The number of phenolic OH excluding ortho intramolecular Hbond substituents is 1. The molecule has 0 amide bonds. The molecule has 1 aromatic carbocycles. The smallest absolute Gasteiger partial charge is 0.310 e. The van der Waals surface area contributed by atoms with Crippen LogP contribution in [0.25, 0.3) is 0 Å². The lowest BCUT2D eigenvalue weighted by Gasteiger charge is -2.15. The number of rotatable bonds is 6. The quantitative estimate of drug-likeness (QED) is 0.785. The topological polar surface area (TPSA) is 84.3 Å². The Morgan fingerprint density at radius 3 is 2.57 bits per heavy atom. The number of aromatic nitrogens is 2. The van der Waals surface area contributed by atoms with Gasteiger partial charge in [-0.1, -0.05) is 12.1 Å². The zero-order valence-electron chi connectivity index (χ0n) is 11.7. The predicted molar refractivity (Wildman–Crippen MR) is 77.8 cm³/mol. The van der Waals surface area contributed by atoms with E-state index in [0.717, 1.165) is 5.56 Å². The summed E-state index contributed by atoms with van der Waals surface area (Å²) >= 11 is 0. The van der Waals surface area contributed by atoms with E-state index in [1.54, 1.807) is 42.7 Å². The van der Waals surface area contributed by atoms with Crippen molar-refractivity contribution in [2.24, 2.45) is 5.92 Å². The first-order valence-corrected chi connectivity index (χ1v) is 6.55. The molecule has 2 N–H and O–H groups in total. The molecule has 0 radical (unpaired) electrons. The number of anilines is 1. The molecular formula is C15H17N3O3. The average Bonchev–Trinajstić information content (AvgIpc) is 2.53. The van der Waals surface area contributed by atoms with Gasteiger partial charge in [0.1, 0.15) is 5.75 Å². The highest BCUT2D eigenvalue weighted by atomic mass is 16.5. The van der Waals surface area contributed by atoms with Gasteiger partial charge in [-0.15, -0.1) is 0 Å². The number of nitrogens with one attached hydrogen (secondary N) is 1. The molecule has 110 valence electrons. The maximum absolute atomic E-state index is 11.9. The molecule has 21 heavy (non-hydrogen) atoms. The van der Waals surface area contributed by atoms with Crippen LogP contribution in [0, 0.1) is 5.92 Å². The van der Waals surface area contributed by atoms with E-state index in [-0.39, 0.29) is 17.6 Å². The second-order valence-corrected chi connectivity index (χ2v) is 4.54. The van der Waals surface area contributed by atoms with Crippen LogP contribution in [0.3, 0.4) is 0 Å². The van der Waals surface area contributed by atoms with Crippen LogP contribution in [0.15, 0.2) is 42.7 Å². The van der Waals surface area contributed by atoms with Crippen molar-refractivity contribution in [1.29, 1.82) is 0 Å². The lowest BCUT2D eigenvalue weighted by Crippen LogP contribution is -2.27. The zero-order chi connectivity index (χ0) is 15.1. The molecule has 0 aliphatic carbocycles. The van der Waals surface area contributed by atoms with E-state index in [9.17, 15) is 9.90 Å². The molecule has 0 aliphatic heterocycles. The number of nitrogens with zero attached hydrogens (tertiary/aromatic N) is 2. The largest absolute Gasteiger partial charge is 0.508 e. The lowest BCUT2D eigenvalue weighted by atomic mass is 9.99. The van der Waals surface area contributed by atoms with E-state index in [1.807, 2.05) is 0 Å². The van der Waals surface area contributed by atoms with Crippen molar-refractivity contribution in [3.63, 3.8) is 0 Å². The highest BCUT2D eigenvalue weighted by molar-refractivity contribution is 5.73. The van der Waals surface area contributed by atoms with Gasteiger partial charge in [0.25, 0.3) is 0 Å². The van der Waals surface area contributed by atoms with Gasteiger partial charge in [-0.25, -0.2) is 9.97 Å². The molecule has 0 bridgehead atoms. The summed E-state index contributed by atoms with van der Waals surface area (Å²) in [5.74, 6) is 0.0103. The van der Waals surface area contributed by atoms with E-state index in [1.165, 1.54) is 7.11 Å². The number of ether oxygens (including phenoxy) is 1. The first kappa shape index (κ1) is 14.8. The Labute approximate surface area is 122 Å². The van der Waals surface area contributed by atoms with Crippen LogP contribution in [0.2, 0.25) is 0 Å². The van der Waals surface area contributed by atoms with Gasteiger partial charge in [-0.3, -0.25) is 4.79 Å². The summed E-state index contributed by atoms with van der Waals surface area (Å²) in [7, 11) is 1.37. The summed E-state index contributed by atoms with van der Waals surface area (Å²) in [4.78, 5) is 19.9. The van der Waals surface area contributed by atoms with Gasteiger partial charge in [-0.2, -0.15) is 0 Å². The standard InChI is InChI=1S/C15H17N3O3/c1-21-14(20)12(9-11-3-5-13(19)6-4-11)10-18-15-16-7-2-8-17-15/h2-8,12,19H,9-10H2,1H3,(H,16,17,18). The molecule has 1 atom stereocenters. The van der Waals surface area contributed by atoms with Crippen molar-refractivity contribution < 1.29 is 14.6 Å². The Morgan fingerprint density at radius 2 is 1.95 bits per heavy atom. The molecule has 6 nitrogen and oxygen atoms in total. The molecule has 0 fully saturated rings. The molecule has 0 saturated heterocycles. The van der Waals surface area contributed by atoms with E-state index in [2.05, 4.69) is 15.3 Å². The predicted octanol–water partition coefficient (Wildman–Crippen LogP) is 1.63. The first-order chi connectivity index (χ1) is 10.2. The fraction of sp³-hybridized carbons (Fsp3) is 0.267. The number of esters is 1. The molecule has 2 aromatic rings. The van der Waals surface area contributed by atoms with Gasteiger partial charge in [0, 0.05) is 18.9 Å². The molecule has 1 unspecified atom stereocenters. The monoisotopic (exact) mass is 287 g/mol. The third kappa shape index (κ3) is 4.45. The summed E-state index contributed by atoms with van der Waals surface area (Å²) < 4.78 is 4.83. The normalized spacial score (nSPS) is 11.7. The van der Waals surface area contributed by atoms with Gasteiger partial charge in [-0.05, 0) is 30.2 Å². The number of methoxy groups -OCH3 is 1. The number of benzene rings is 1. The fourth-order valence-corrected chi connectivity index (χ4v) is 1.93. The summed E-state index contributed by atoms with van der Waals surface area (Å²) in [6, 6.07) is 8.48. The van der Waals surface area contributed by atoms with Gasteiger partial charge in [0.15, 0.2) is 0 Å². The van der Waals surface area contributed by atoms with Crippen LogP contribution in [-0.4, -0.2) is 34.7 Å². The minimum atomic E-state index is -0.358. The maximum atomic E-state index is 11.9. The summed E-state index contributed by atoms with van der Waals surface area (Å²) in [5.41, 5.74) is 0.944. The van der Waals surface area contributed by atoms with E-state index in [4.69, 9.17) is 4.74 Å². The van der Waals surface area contributed by atoms with E-state index < -0.39 is 0 Å². The van der Waals surface area contributed by atoms with Crippen molar-refractivity contribution in [1.82, 2.24) is 9.97 Å². The molecule has 1 heterocycles.